The van der Waals surface area contributed by atoms with Crippen molar-refractivity contribution >= 4 is 23.3 Å². The first kappa shape index (κ1) is 24.9. The molecule has 1 atom stereocenters. The van der Waals surface area contributed by atoms with Crippen molar-refractivity contribution in [3.63, 3.8) is 0 Å². The third-order valence-corrected chi connectivity index (χ3v) is 5.70. The number of nitrogens with one attached hydrogen (secondary N) is 1. The maximum atomic E-state index is 13.6. The number of methoxy groups -OCH3 is 2. The number of anilines is 1. The molecular formula is C26H30N2O6. The number of hydrogen-bond acceptors (Lipinski definition) is 6. The summed E-state index contributed by atoms with van der Waals surface area (Å²) in [6, 6.07) is 10.5. The van der Waals surface area contributed by atoms with Gasteiger partial charge in [0.15, 0.2) is 0 Å². The van der Waals surface area contributed by atoms with E-state index in [1.165, 1.54) is 13.2 Å². The van der Waals surface area contributed by atoms with Crippen molar-refractivity contribution in [1.29, 1.82) is 0 Å². The highest BCUT2D eigenvalue weighted by molar-refractivity contribution is 6.03. The molecule has 0 unspecified atom stereocenters. The van der Waals surface area contributed by atoms with Crippen molar-refractivity contribution in [2.45, 2.75) is 19.4 Å². The van der Waals surface area contributed by atoms with E-state index in [2.05, 4.69) is 11.9 Å². The van der Waals surface area contributed by atoms with Gasteiger partial charge < -0.3 is 24.2 Å². The van der Waals surface area contributed by atoms with Crippen molar-refractivity contribution < 1.29 is 28.9 Å². The van der Waals surface area contributed by atoms with Crippen molar-refractivity contribution in [3.05, 3.63) is 71.8 Å². The molecule has 0 aromatic heterocycles. The summed E-state index contributed by atoms with van der Waals surface area (Å²) in [7, 11) is 3.13. The number of aliphatic hydroxyl groups excluding tert-OH is 1. The van der Waals surface area contributed by atoms with Gasteiger partial charge in [0.05, 0.1) is 38.1 Å². The van der Waals surface area contributed by atoms with Gasteiger partial charge in [-0.2, -0.15) is 0 Å². The highest BCUT2D eigenvalue weighted by atomic mass is 16.5. The van der Waals surface area contributed by atoms with Crippen LogP contribution >= 0.6 is 0 Å². The topological polar surface area (TPSA) is 97.3 Å². The summed E-state index contributed by atoms with van der Waals surface area (Å²) in [6.07, 6.45) is 3.22. The van der Waals surface area contributed by atoms with E-state index in [-0.39, 0.29) is 24.7 Å². The Morgan fingerprint density at radius 3 is 2.56 bits per heavy atom. The van der Waals surface area contributed by atoms with Gasteiger partial charge >= 0.3 is 6.09 Å². The zero-order chi connectivity index (χ0) is 24.7. The second kappa shape index (κ2) is 11.4. The summed E-state index contributed by atoms with van der Waals surface area (Å²) in [4.78, 5) is 27.3. The number of carbonyl (C=O) groups excluding carboxylic acids is 2. The van der Waals surface area contributed by atoms with Gasteiger partial charge in [0.1, 0.15) is 18.1 Å². The molecule has 2 N–H and O–H groups in total. The monoisotopic (exact) mass is 466 g/mol. The summed E-state index contributed by atoms with van der Waals surface area (Å²) in [5.74, 6) is 0.942. The number of rotatable bonds is 8. The molecule has 3 rings (SSSR count). The van der Waals surface area contributed by atoms with Gasteiger partial charge in [-0.15, -0.1) is 0 Å². The highest BCUT2D eigenvalue weighted by Crippen LogP contribution is 2.32. The van der Waals surface area contributed by atoms with Crippen molar-refractivity contribution in [2.75, 3.05) is 39.3 Å². The minimum Gasteiger partial charge on any atom is -0.497 e. The number of benzene rings is 2. The van der Waals surface area contributed by atoms with E-state index < -0.39 is 12.1 Å². The first-order valence-corrected chi connectivity index (χ1v) is 10.9. The van der Waals surface area contributed by atoms with Crippen LogP contribution in [0.15, 0.2) is 55.1 Å². The first-order chi connectivity index (χ1) is 16.4. The van der Waals surface area contributed by atoms with Gasteiger partial charge in [0.25, 0.3) is 5.91 Å². The summed E-state index contributed by atoms with van der Waals surface area (Å²) in [6.45, 7) is 5.48. The maximum Gasteiger partial charge on any atom is 0.411 e. The Hall–Kier alpha value is -3.78. The number of hydrogen-bond donors (Lipinski definition) is 2. The SMILES string of the molecule is C=CCOC(=O)Nc1cc(C)c(OC)cc1C(=O)N1CC=C(c2ccc(OC)cc2)C[C@H]1CO. The predicted molar refractivity (Wildman–Crippen MR) is 130 cm³/mol. The number of aryl methyl sites for hydroxylation is 1. The van der Waals surface area contributed by atoms with Crippen LogP contribution < -0.4 is 14.8 Å². The predicted octanol–water partition coefficient (Wildman–Crippen LogP) is 4.04. The molecule has 0 bridgehead atoms. The number of amides is 2. The molecule has 0 saturated carbocycles. The second-order valence-electron chi connectivity index (χ2n) is 7.84. The molecular weight excluding hydrogens is 436 g/mol. The average Bonchev–Trinajstić information content (AvgIpc) is 2.86. The molecule has 1 aliphatic rings. The van der Waals surface area contributed by atoms with E-state index in [4.69, 9.17) is 14.2 Å². The summed E-state index contributed by atoms with van der Waals surface area (Å²) >= 11 is 0. The van der Waals surface area contributed by atoms with Crippen LogP contribution in [0, 0.1) is 6.92 Å². The lowest BCUT2D eigenvalue weighted by Gasteiger charge is -2.35. The Bertz CT molecular complexity index is 1080. The largest absolute Gasteiger partial charge is 0.497 e. The van der Waals surface area contributed by atoms with Gasteiger partial charge in [-0.25, -0.2) is 4.79 Å². The van der Waals surface area contributed by atoms with Crippen LogP contribution in [0.4, 0.5) is 10.5 Å². The molecule has 34 heavy (non-hydrogen) atoms. The fraction of sp³-hybridized carbons (Fsp3) is 0.308. The fourth-order valence-corrected chi connectivity index (χ4v) is 3.88. The smallest absolute Gasteiger partial charge is 0.411 e. The molecule has 0 aliphatic carbocycles. The maximum absolute atomic E-state index is 13.6. The molecule has 2 aromatic carbocycles. The van der Waals surface area contributed by atoms with E-state index in [0.717, 1.165) is 22.4 Å². The molecule has 1 aliphatic heterocycles. The standard InChI is InChI=1S/C26H30N2O6/c1-5-12-34-26(31)27-23-13-17(2)24(33-4)15-22(23)25(30)28-11-10-19(14-20(28)16-29)18-6-8-21(32-3)9-7-18/h5-10,13,15,20,29H,1,11-12,14,16H2,2-4H3,(H,27,31)/t20-/m0/s1. The van der Waals surface area contributed by atoms with Gasteiger partial charge in [0.2, 0.25) is 0 Å². The minimum atomic E-state index is -0.697. The van der Waals surface area contributed by atoms with Crippen molar-refractivity contribution in [1.82, 2.24) is 4.90 Å². The molecule has 0 fully saturated rings. The van der Waals surface area contributed by atoms with Crippen molar-refractivity contribution in [3.8, 4) is 11.5 Å². The lowest BCUT2D eigenvalue weighted by Crippen LogP contribution is -2.45. The van der Waals surface area contributed by atoms with E-state index in [0.29, 0.717) is 24.4 Å². The molecule has 1 heterocycles. The second-order valence-corrected chi connectivity index (χ2v) is 7.84. The lowest BCUT2D eigenvalue weighted by molar-refractivity contribution is 0.0619. The normalized spacial score (nSPS) is 15.2. The Morgan fingerprint density at radius 2 is 1.94 bits per heavy atom. The Morgan fingerprint density at radius 1 is 1.21 bits per heavy atom. The highest BCUT2D eigenvalue weighted by Gasteiger charge is 2.30. The van der Waals surface area contributed by atoms with Crippen LogP contribution in [-0.2, 0) is 4.74 Å². The fourth-order valence-electron chi connectivity index (χ4n) is 3.88. The van der Waals surface area contributed by atoms with Crippen LogP contribution in [-0.4, -0.2) is 62.0 Å². The Labute approximate surface area is 199 Å². The zero-order valence-corrected chi connectivity index (χ0v) is 19.7. The first-order valence-electron chi connectivity index (χ1n) is 10.9. The van der Waals surface area contributed by atoms with E-state index in [1.54, 1.807) is 24.1 Å². The Kier molecular flexibility index (Phi) is 8.32. The molecule has 8 nitrogen and oxygen atoms in total. The Balaban J connectivity index is 1.90. The molecule has 2 amide bonds. The van der Waals surface area contributed by atoms with Crippen LogP contribution in [0.1, 0.15) is 27.9 Å². The number of aliphatic hydroxyl groups is 1. The average molecular weight is 467 g/mol. The third kappa shape index (κ3) is 5.58. The molecule has 8 heteroatoms. The summed E-state index contributed by atoms with van der Waals surface area (Å²) in [5.41, 5.74) is 3.35. The van der Waals surface area contributed by atoms with E-state index >= 15 is 0 Å². The minimum absolute atomic E-state index is 0.0435. The number of carbonyl (C=O) groups is 2. The number of nitrogens with zero attached hydrogens (tertiary/aromatic N) is 1. The van der Waals surface area contributed by atoms with Gasteiger partial charge in [-0.05, 0) is 54.3 Å². The van der Waals surface area contributed by atoms with Crippen LogP contribution in [0.2, 0.25) is 0 Å². The van der Waals surface area contributed by atoms with Crippen LogP contribution in [0.5, 0.6) is 11.5 Å². The van der Waals surface area contributed by atoms with Gasteiger partial charge in [-0.1, -0.05) is 30.9 Å². The summed E-state index contributed by atoms with van der Waals surface area (Å²) in [5, 5.41) is 12.7. The van der Waals surface area contributed by atoms with E-state index in [1.807, 2.05) is 37.3 Å². The quantitative estimate of drug-likeness (QED) is 0.570. The summed E-state index contributed by atoms with van der Waals surface area (Å²) < 4.78 is 15.6. The lowest BCUT2D eigenvalue weighted by atomic mass is 9.93. The molecule has 2 aromatic rings. The molecule has 0 radical (unpaired) electrons. The van der Waals surface area contributed by atoms with E-state index in [9.17, 15) is 14.7 Å². The van der Waals surface area contributed by atoms with Gasteiger partial charge in [-0.3, -0.25) is 10.1 Å². The number of ether oxygens (including phenoxy) is 3. The van der Waals surface area contributed by atoms with Crippen molar-refractivity contribution in [2.24, 2.45) is 0 Å². The molecule has 0 saturated heterocycles. The van der Waals surface area contributed by atoms with Crippen LogP contribution in [0.3, 0.4) is 0 Å². The third-order valence-electron chi connectivity index (χ3n) is 5.70. The molecule has 180 valence electrons. The van der Waals surface area contributed by atoms with Crippen LogP contribution in [0.25, 0.3) is 5.57 Å². The molecule has 0 spiro atoms. The zero-order valence-electron chi connectivity index (χ0n) is 19.7. The van der Waals surface area contributed by atoms with Gasteiger partial charge in [0, 0.05) is 6.54 Å².